The van der Waals surface area contributed by atoms with Crippen LogP contribution in [-0.2, 0) is 21.4 Å². The van der Waals surface area contributed by atoms with Gasteiger partial charge in [0.15, 0.2) is 0 Å². The molecule has 0 bridgehead atoms. The van der Waals surface area contributed by atoms with Crippen LogP contribution in [-0.4, -0.2) is 56.8 Å². The van der Waals surface area contributed by atoms with Crippen molar-refractivity contribution in [3.05, 3.63) is 71.1 Å². The number of rotatable bonds is 7. The van der Waals surface area contributed by atoms with Crippen molar-refractivity contribution in [3.63, 3.8) is 0 Å². The van der Waals surface area contributed by atoms with Gasteiger partial charge in [0.1, 0.15) is 0 Å². The molecule has 2 saturated heterocycles. The van der Waals surface area contributed by atoms with E-state index in [9.17, 15) is 13.2 Å². The van der Waals surface area contributed by atoms with E-state index in [1.165, 1.54) is 40.2 Å². The van der Waals surface area contributed by atoms with E-state index >= 15 is 0 Å². The average Bonchev–Trinajstić information content (AvgIpc) is 2.88. The summed E-state index contributed by atoms with van der Waals surface area (Å²) in [6.07, 6.45) is 6.44. The number of hydrogen-bond acceptors (Lipinski definition) is 4. The molecule has 1 amide bonds. The minimum Gasteiger partial charge on any atom is -0.371 e. The van der Waals surface area contributed by atoms with E-state index in [4.69, 9.17) is 0 Å². The maximum absolute atomic E-state index is 13.2. The van der Waals surface area contributed by atoms with Crippen molar-refractivity contribution in [3.8, 4) is 0 Å². The molecule has 182 valence electrons. The van der Waals surface area contributed by atoms with Gasteiger partial charge in [-0.25, -0.2) is 8.42 Å². The lowest BCUT2D eigenvalue weighted by molar-refractivity contribution is -0.135. The first-order valence-electron chi connectivity index (χ1n) is 12.3. The molecule has 0 N–H and O–H groups in total. The van der Waals surface area contributed by atoms with Crippen LogP contribution in [0.3, 0.4) is 0 Å². The molecule has 2 aliphatic rings. The predicted molar refractivity (Wildman–Crippen MR) is 138 cm³/mol. The number of hydrogen-bond donors (Lipinski definition) is 0. The SMILES string of the molecule is CN(Cc1ccccc1N1CCCCC1)C(=O)C1CCN(S(=O)(=O)/C=C/c2ccccc2)CC1. The van der Waals surface area contributed by atoms with Crippen LogP contribution in [0.15, 0.2) is 60.0 Å². The maximum Gasteiger partial charge on any atom is 0.236 e. The zero-order valence-electron chi connectivity index (χ0n) is 20.0. The number of sulfonamides is 1. The molecule has 0 radical (unpaired) electrons. The van der Waals surface area contributed by atoms with Crippen LogP contribution < -0.4 is 4.90 Å². The molecule has 2 aromatic carbocycles. The van der Waals surface area contributed by atoms with Crippen molar-refractivity contribution in [2.24, 2.45) is 5.92 Å². The van der Waals surface area contributed by atoms with Gasteiger partial charge < -0.3 is 9.80 Å². The number of carbonyl (C=O) groups excluding carboxylic acids is 1. The zero-order valence-corrected chi connectivity index (χ0v) is 20.8. The molecule has 2 aliphatic heterocycles. The largest absolute Gasteiger partial charge is 0.371 e. The second-order valence-corrected chi connectivity index (χ2v) is 11.1. The van der Waals surface area contributed by atoms with Crippen LogP contribution in [0.25, 0.3) is 6.08 Å². The molecule has 34 heavy (non-hydrogen) atoms. The van der Waals surface area contributed by atoms with E-state index in [0.29, 0.717) is 32.5 Å². The Balaban J connectivity index is 1.33. The van der Waals surface area contributed by atoms with Crippen LogP contribution in [0.4, 0.5) is 5.69 Å². The molecular formula is C27H35N3O3S. The quantitative estimate of drug-likeness (QED) is 0.590. The van der Waals surface area contributed by atoms with Gasteiger partial charge in [0.05, 0.1) is 0 Å². The predicted octanol–water partition coefficient (Wildman–Crippen LogP) is 4.35. The number of carbonyl (C=O) groups is 1. The highest BCUT2D eigenvalue weighted by atomic mass is 32.2. The first kappa shape index (κ1) is 24.5. The molecule has 2 aromatic rings. The number of piperidine rings is 2. The summed E-state index contributed by atoms with van der Waals surface area (Å²) < 4.78 is 27.0. The van der Waals surface area contributed by atoms with Crippen molar-refractivity contribution < 1.29 is 13.2 Å². The Morgan fingerprint density at radius 1 is 0.941 bits per heavy atom. The normalized spacial score (nSPS) is 18.3. The molecular weight excluding hydrogens is 446 g/mol. The summed E-state index contributed by atoms with van der Waals surface area (Å²) in [6.45, 7) is 3.45. The third kappa shape index (κ3) is 6.07. The number of benzene rings is 2. The fourth-order valence-corrected chi connectivity index (χ4v) is 6.13. The van der Waals surface area contributed by atoms with Gasteiger partial charge in [0, 0.05) is 56.8 Å². The summed E-state index contributed by atoms with van der Waals surface area (Å²) >= 11 is 0. The topological polar surface area (TPSA) is 60.9 Å². The highest BCUT2D eigenvalue weighted by Crippen LogP contribution is 2.27. The summed E-state index contributed by atoms with van der Waals surface area (Å²) in [6, 6.07) is 17.8. The number of nitrogens with zero attached hydrogens (tertiary/aromatic N) is 3. The van der Waals surface area contributed by atoms with Gasteiger partial charge in [0.2, 0.25) is 15.9 Å². The smallest absolute Gasteiger partial charge is 0.236 e. The van der Waals surface area contributed by atoms with Crippen molar-refractivity contribution in [1.29, 1.82) is 0 Å². The third-order valence-corrected chi connectivity index (χ3v) is 8.43. The minimum absolute atomic E-state index is 0.102. The van der Waals surface area contributed by atoms with E-state index in [-0.39, 0.29) is 11.8 Å². The molecule has 7 heteroatoms. The van der Waals surface area contributed by atoms with Crippen LogP contribution in [0.1, 0.15) is 43.2 Å². The minimum atomic E-state index is -3.50. The molecule has 2 heterocycles. The number of para-hydroxylation sites is 1. The number of amides is 1. The molecule has 2 fully saturated rings. The highest BCUT2D eigenvalue weighted by molar-refractivity contribution is 7.92. The molecule has 0 aromatic heterocycles. The molecule has 0 atom stereocenters. The Morgan fingerprint density at radius 2 is 1.59 bits per heavy atom. The van der Waals surface area contributed by atoms with Crippen LogP contribution in [0.5, 0.6) is 0 Å². The first-order valence-corrected chi connectivity index (χ1v) is 13.8. The van der Waals surface area contributed by atoms with Crippen molar-refractivity contribution >= 4 is 27.7 Å². The van der Waals surface area contributed by atoms with E-state index in [1.54, 1.807) is 6.08 Å². The van der Waals surface area contributed by atoms with Gasteiger partial charge in [-0.05, 0) is 55.4 Å². The molecule has 0 aliphatic carbocycles. The molecule has 0 saturated carbocycles. The number of anilines is 1. The Kier molecular flexibility index (Phi) is 8.06. The third-order valence-electron chi connectivity index (χ3n) is 6.87. The molecule has 0 spiro atoms. The summed E-state index contributed by atoms with van der Waals surface area (Å²) in [7, 11) is -1.63. The lowest BCUT2D eigenvalue weighted by Crippen LogP contribution is -2.42. The first-order chi connectivity index (χ1) is 16.4. The Labute approximate surface area is 203 Å². The second-order valence-electron chi connectivity index (χ2n) is 9.30. The van der Waals surface area contributed by atoms with Gasteiger partial charge >= 0.3 is 0 Å². The van der Waals surface area contributed by atoms with Crippen LogP contribution >= 0.6 is 0 Å². The fraction of sp³-hybridized carbons (Fsp3) is 0.444. The van der Waals surface area contributed by atoms with E-state index in [2.05, 4.69) is 23.1 Å². The molecule has 4 rings (SSSR count). The Hall–Kier alpha value is -2.64. The van der Waals surface area contributed by atoms with Crippen LogP contribution in [0.2, 0.25) is 0 Å². The monoisotopic (exact) mass is 481 g/mol. The Bertz CT molecular complexity index is 1090. The second kappa shape index (κ2) is 11.2. The zero-order chi connectivity index (χ0) is 24.0. The van der Waals surface area contributed by atoms with Gasteiger partial charge in [-0.15, -0.1) is 0 Å². The van der Waals surface area contributed by atoms with Gasteiger partial charge in [-0.1, -0.05) is 48.5 Å². The van der Waals surface area contributed by atoms with Gasteiger partial charge in [-0.2, -0.15) is 4.31 Å². The standard InChI is InChI=1S/C27H35N3O3S/c1-28(22-25-12-6-7-13-26(25)29-17-8-3-9-18-29)27(31)24-14-19-30(20-15-24)34(32,33)21-16-23-10-4-2-5-11-23/h2,4-7,10-13,16,21,24H,3,8-9,14-15,17-20,22H2,1H3/b21-16+. The lowest BCUT2D eigenvalue weighted by atomic mass is 9.96. The lowest BCUT2D eigenvalue weighted by Gasteiger charge is -2.33. The van der Waals surface area contributed by atoms with E-state index < -0.39 is 10.0 Å². The van der Waals surface area contributed by atoms with Gasteiger partial charge in [-0.3, -0.25) is 4.79 Å². The van der Waals surface area contributed by atoms with Gasteiger partial charge in [0.25, 0.3) is 0 Å². The molecule has 0 unspecified atom stereocenters. The summed E-state index contributed by atoms with van der Waals surface area (Å²) in [5, 5.41) is 1.27. The summed E-state index contributed by atoms with van der Waals surface area (Å²) in [5.74, 6) is -0.0398. The van der Waals surface area contributed by atoms with Crippen molar-refractivity contribution in [1.82, 2.24) is 9.21 Å². The van der Waals surface area contributed by atoms with Crippen molar-refractivity contribution in [2.75, 3.05) is 38.1 Å². The van der Waals surface area contributed by atoms with Crippen molar-refractivity contribution in [2.45, 2.75) is 38.6 Å². The summed E-state index contributed by atoms with van der Waals surface area (Å²) in [5.41, 5.74) is 3.25. The van der Waals surface area contributed by atoms with E-state index in [0.717, 1.165) is 18.7 Å². The Morgan fingerprint density at radius 3 is 2.29 bits per heavy atom. The molecule has 6 nitrogen and oxygen atoms in total. The summed E-state index contributed by atoms with van der Waals surface area (Å²) in [4.78, 5) is 17.4. The maximum atomic E-state index is 13.2. The average molecular weight is 482 g/mol. The fourth-order valence-electron chi connectivity index (χ4n) is 4.90. The van der Waals surface area contributed by atoms with Crippen LogP contribution in [0, 0.1) is 5.92 Å². The van der Waals surface area contributed by atoms with E-state index in [1.807, 2.05) is 48.3 Å². The highest BCUT2D eigenvalue weighted by Gasteiger charge is 2.31.